The third-order valence-electron chi connectivity index (χ3n) is 2.57. The van der Waals surface area contributed by atoms with E-state index in [2.05, 4.69) is 20.9 Å². The molecule has 98 valence electrons. The van der Waals surface area contributed by atoms with Crippen molar-refractivity contribution in [2.75, 3.05) is 14.2 Å². The molecular weight excluding hydrogens is 310 g/mol. The molecule has 5 heteroatoms. The monoisotopic (exact) mass is 321 g/mol. The third-order valence-corrected chi connectivity index (χ3v) is 3.04. The molecule has 0 amide bonds. The molecule has 0 atom stereocenters. The lowest BCUT2D eigenvalue weighted by Crippen LogP contribution is -2.04. The molecule has 0 unspecified atom stereocenters. The van der Waals surface area contributed by atoms with E-state index in [-0.39, 0.29) is 5.78 Å². The van der Waals surface area contributed by atoms with Gasteiger partial charge in [-0.05, 0) is 40.2 Å². The third kappa shape index (κ3) is 3.12. The van der Waals surface area contributed by atoms with Crippen LogP contribution < -0.4 is 9.47 Å². The van der Waals surface area contributed by atoms with Gasteiger partial charge in [0, 0.05) is 22.3 Å². The number of hydrogen-bond acceptors (Lipinski definition) is 4. The zero-order valence-corrected chi connectivity index (χ0v) is 12.1. The summed E-state index contributed by atoms with van der Waals surface area (Å²) in [4.78, 5) is 16.4. The molecule has 1 heterocycles. The maximum atomic E-state index is 12.3. The van der Waals surface area contributed by atoms with Crippen LogP contribution >= 0.6 is 15.9 Å². The Bertz CT molecular complexity index is 574. The molecule has 0 radical (unpaired) electrons. The summed E-state index contributed by atoms with van der Waals surface area (Å²) in [5.74, 6) is 0.962. The predicted molar refractivity (Wildman–Crippen MR) is 74.9 cm³/mol. The van der Waals surface area contributed by atoms with Gasteiger partial charge in [0.15, 0.2) is 0 Å². The highest BCUT2D eigenvalue weighted by Gasteiger charge is 2.13. The molecule has 0 spiro atoms. The number of ether oxygens (including phenoxy) is 2. The quantitative estimate of drug-likeness (QED) is 0.812. The molecule has 1 aromatic carbocycles. The topological polar surface area (TPSA) is 48.4 Å². The minimum absolute atomic E-state index is 0.176. The van der Waals surface area contributed by atoms with Crippen LogP contribution in [-0.2, 0) is 0 Å². The van der Waals surface area contributed by atoms with Crippen LogP contribution in [-0.4, -0.2) is 25.0 Å². The van der Waals surface area contributed by atoms with Gasteiger partial charge in [-0.3, -0.25) is 9.78 Å². The molecular formula is C14H12BrNO3. The maximum Gasteiger partial charge on any atom is 0.211 e. The Morgan fingerprint density at radius 1 is 1.11 bits per heavy atom. The zero-order chi connectivity index (χ0) is 13.8. The summed E-state index contributed by atoms with van der Waals surface area (Å²) in [7, 11) is 3.09. The predicted octanol–water partition coefficient (Wildman–Crippen LogP) is 3.09. The highest BCUT2D eigenvalue weighted by Crippen LogP contribution is 2.24. The normalized spacial score (nSPS) is 10.1. The molecule has 2 rings (SSSR count). The number of benzene rings is 1. The number of rotatable bonds is 4. The van der Waals surface area contributed by atoms with E-state index in [0.29, 0.717) is 22.8 Å². The number of methoxy groups -OCH3 is 2. The maximum absolute atomic E-state index is 12.3. The summed E-state index contributed by atoms with van der Waals surface area (Å²) in [5.41, 5.74) is 0.851. The Hall–Kier alpha value is -1.88. The highest BCUT2D eigenvalue weighted by atomic mass is 79.9. The van der Waals surface area contributed by atoms with E-state index < -0.39 is 0 Å². The second kappa shape index (κ2) is 5.84. The number of pyridine rings is 1. The van der Waals surface area contributed by atoms with Crippen molar-refractivity contribution in [3.63, 3.8) is 0 Å². The van der Waals surface area contributed by atoms with Crippen LogP contribution in [0.5, 0.6) is 11.5 Å². The minimum Gasteiger partial charge on any atom is -0.497 e. The van der Waals surface area contributed by atoms with Crippen molar-refractivity contribution < 1.29 is 14.3 Å². The zero-order valence-electron chi connectivity index (χ0n) is 10.5. The second-order valence-electron chi connectivity index (χ2n) is 3.79. The van der Waals surface area contributed by atoms with Crippen LogP contribution in [0.4, 0.5) is 0 Å². The van der Waals surface area contributed by atoms with Crippen molar-refractivity contribution in [2.24, 2.45) is 0 Å². The molecule has 2 aromatic rings. The Kier molecular flexibility index (Phi) is 4.16. The molecule has 1 aromatic heterocycles. The second-order valence-corrected chi connectivity index (χ2v) is 4.71. The Labute approximate surface area is 119 Å². The number of nitrogens with zero attached hydrogens (tertiary/aromatic N) is 1. The molecule has 4 nitrogen and oxygen atoms in total. The fraction of sp³-hybridized carbons (Fsp3) is 0.143. The van der Waals surface area contributed by atoms with Gasteiger partial charge in [-0.1, -0.05) is 0 Å². The van der Waals surface area contributed by atoms with Gasteiger partial charge in [0.25, 0.3) is 0 Å². The first-order valence-corrected chi connectivity index (χ1v) is 6.32. The standard InChI is InChI=1S/C14H12BrNO3/c1-18-11-5-9(6-12(7-11)19-2)14(17)13-4-3-10(15)8-16-13/h3-8H,1-2H3. The average molecular weight is 322 g/mol. The van der Waals surface area contributed by atoms with Crippen LogP contribution in [0.2, 0.25) is 0 Å². The molecule has 0 saturated carbocycles. The van der Waals surface area contributed by atoms with Gasteiger partial charge < -0.3 is 9.47 Å². The Morgan fingerprint density at radius 2 is 1.74 bits per heavy atom. The molecule has 19 heavy (non-hydrogen) atoms. The van der Waals surface area contributed by atoms with E-state index >= 15 is 0 Å². The first kappa shape index (κ1) is 13.5. The lowest BCUT2D eigenvalue weighted by Gasteiger charge is -2.07. The van der Waals surface area contributed by atoms with Crippen LogP contribution in [0.25, 0.3) is 0 Å². The van der Waals surface area contributed by atoms with E-state index in [4.69, 9.17) is 9.47 Å². The molecule has 0 aliphatic carbocycles. The van der Waals surface area contributed by atoms with Crippen molar-refractivity contribution in [3.8, 4) is 11.5 Å². The fourth-order valence-electron chi connectivity index (χ4n) is 1.60. The van der Waals surface area contributed by atoms with Gasteiger partial charge in [-0.2, -0.15) is 0 Å². The highest BCUT2D eigenvalue weighted by molar-refractivity contribution is 9.10. The van der Waals surface area contributed by atoms with Gasteiger partial charge >= 0.3 is 0 Å². The van der Waals surface area contributed by atoms with Crippen molar-refractivity contribution in [2.45, 2.75) is 0 Å². The minimum atomic E-state index is -0.176. The first-order valence-electron chi connectivity index (χ1n) is 5.53. The summed E-state index contributed by atoms with van der Waals surface area (Å²) >= 11 is 3.28. The van der Waals surface area contributed by atoms with Crippen molar-refractivity contribution >= 4 is 21.7 Å². The van der Waals surface area contributed by atoms with Gasteiger partial charge in [-0.25, -0.2) is 0 Å². The summed E-state index contributed by atoms with van der Waals surface area (Å²) in [5, 5.41) is 0. The van der Waals surface area contributed by atoms with Gasteiger partial charge in [-0.15, -0.1) is 0 Å². The van der Waals surface area contributed by atoms with E-state index in [0.717, 1.165) is 4.47 Å². The molecule has 0 aliphatic heterocycles. The molecule has 0 fully saturated rings. The summed E-state index contributed by atoms with van der Waals surface area (Å²) in [6, 6.07) is 8.48. The molecule has 0 bridgehead atoms. The molecule has 0 N–H and O–H groups in total. The van der Waals surface area contributed by atoms with E-state index in [9.17, 15) is 4.79 Å². The number of ketones is 1. The number of aromatic nitrogens is 1. The summed E-state index contributed by atoms with van der Waals surface area (Å²) in [6.07, 6.45) is 1.59. The fourth-order valence-corrected chi connectivity index (χ4v) is 1.83. The summed E-state index contributed by atoms with van der Waals surface area (Å²) in [6.45, 7) is 0. The number of carbonyl (C=O) groups is 1. The van der Waals surface area contributed by atoms with E-state index in [1.165, 1.54) is 0 Å². The van der Waals surface area contributed by atoms with Crippen LogP contribution in [0.3, 0.4) is 0 Å². The number of carbonyl (C=O) groups excluding carboxylic acids is 1. The van der Waals surface area contributed by atoms with Crippen LogP contribution in [0, 0.1) is 0 Å². The SMILES string of the molecule is COc1cc(OC)cc(C(=O)c2ccc(Br)cn2)c1. The number of halogens is 1. The Balaban J connectivity index is 2.40. The molecule has 0 aliphatic rings. The van der Waals surface area contributed by atoms with E-state index in [1.807, 2.05) is 0 Å². The number of hydrogen-bond donors (Lipinski definition) is 0. The molecule has 0 saturated heterocycles. The average Bonchev–Trinajstić information content (AvgIpc) is 2.46. The van der Waals surface area contributed by atoms with Gasteiger partial charge in [0.1, 0.15) is 17.2 Å². The lowest BCUT2D eigenvalue weighted by atomic mass is 10.1. The van der Waals surface area contributed by atoms with Crippen LogP contribution in [0.1, 0.15) is 16.1 Å². The van der Waals surface area contributed by atoms with E-state index in [1.54, 1.807) is 50.7 Å². The largest absolute Gasteiger partial charge is 0.497 e. The smallest absolute Gasteiger partial charge is 0.211 e. The van der Waals surface area contributed by atoms with Gasteiger partial charge in [0.05, 0.1) is 14.2 Å². The lowest BCUT2D eigenvalue weighted by molar-refractivity contribution is 0.103. The summed E-state index contributed by atoms with van der Waals surface area (Å²) < 4.78 is 11.1. The van der Waals surface area contributed by atoms with Crippen LogP contribution in [0.15, 0.2) is 41.0 Å². The van der Waals surface area contributed by atoms with Gasteiger partial charge in [0.2, 0.25) is 5.78 Å². The Morgan fingerprint density at radius 3 is 2.21 bits per heavy atom. The van der Waals surface area contributed by atoms with Crippen molar-refractivity contribution in [1.29, 1.82) is 0 Å². The first-order chi connectivity index (χ1) is 9.13. The van der Waals surface area contributed by atoms with Crippen molar-refractivity contribution in [3.05, 3.63) is 52.3 Å². The van der Waals surface area contributed by atoms with Crippen molar-refractivity contribution in [1.82, 2.24) is 4.98 Å².